The van der Waals surface area contributed by atoms with Crippen LogP contribution in [-0.2, 0) is 16.0 Å². The molecular formula is C21H23N3O5. The Bertz CT molecular complexity index is 893. The van der Waals surface area contributed by atoms with Crippen molar-refractivity contribution in [2.45, 2.75) is 12.8 Å². The lowest BCUT2D eigenvalue weighted by Crippen LogP contribution is -2.40. The molecule has 1 saturated heterocycles. The molecule has 1 heterocycles. The highest BCUT2D eigenvalue weighted by atomic mass is 16.5. The maximum Gasteiger partial charge on any atom is 0.323 e. The number of aryl methyl sites for hydroxylation is 1. The van der Waals surface area contributed by atoms with Crippen LogP contribution in [0.1, 0.15) is 22.3 Å². The summed E-state index contributed by atoms with van der Waals surface area (Å²) in [6, 6.07) is 13.4. The third-order valence-corrected chi connectivity index (χ3v) is 4.48. The number of nitrogens with zero attached hydrogens (tertiary/aromatic N) is 1. The first-order chi connectivity index (χ1) is 14.0. The summed E-state index contributed by atoms with van der Waals surface area (Å²) in [5, 5.41) is 14.2. The van der Waals surface area contributed by atoms with Crippen LogP contribution in [0.2, 0.25) is 0 Å². The van der Waals surface area contributed by atoms with Gasteiger partial charge in [0.2, 0.25) is 0 Å². The van der Waals surface area contributed by atoms with Gasteiger partial charge in [-0.2, -0.15) is 0 Å². The van der Waals surface area contributed by atoms with Crippen molar-refractivity contribution in [3.05, 3.63) is 59.7 Å². The van der Waals surface area contributed by atoms with Crippen molar-refractivity contribution in [2.24, 2.45) is 0 Å². The number of hydrogen-bond acceptors (Lipinski definition) is 4. The fraction of sp³-hybridized carbons (Fsp3) is 0.286. The minimum absolute atomic E-state index is 0.0274. The number of hydrogen-bond donors (Lipinski definition) is 3. The van der Waals surface area contributed by atoms with Gasteiger partial charge in [-0.15, -0.1) is 0 Å². The number of aliphatic carboxylic acids is 1. The third kappa shape index (κ3) is 6.05. The van der Waals surface area contributed by atoms with Crippen LogP contribution < -0.4 is 10.6 Å². The Morgan fingerprint density at radius 1 is 0.966 bits per heavy atom. The van der Waals surface area contributed by atoms with Gasteiger partial charge in [0, 0.05) is 36.4 Å². The van der Waals surface area contributed by atoms with E-state index >= 15 is 0 Å². The van der Waals surface area contributed by atoms with Crippen LogP contribution >= 0.6 is 0 Å². The van der Waals surface area contributed by atoms with Crippen LogP contribution in [0.3, 0.4) is 0 Å². The molecule has 2 aromatic rings. The monoisotopic (exact) mass is 397 g/mol. The largest absolute Gasteiger partial charge is 0.481 e. The van der Waals surface area contributed by atoms with Gasteiger partial charge in [-0.1, -0.05) is 18.2 Å². The molecule has 8 heteroatoms. The van der Waals surface area contributed by atoms with Crippen LogP contribution in [0, 0.1) is 0 Å². The highest BCUT2D eigenvalue weighted by Gasteiger charge is 2.18. The predicted molar refractivity (Wildman–Crippen MR) is 108 cm³/mol. The standard InChI is InChI=1S/C21H23N3O5/c25-19(26)8-7-15-3-1-5-17(13-15)22-21(28)23-18-6-2-4-16(14-18)20(27)24-9-11-29-12-10-24/h1-6,13-14H,7-12H2,(H,25,26)(H2,22,23,28). The highest BCUT2D eigenvalue weighted by molar-refractivity contribution is 6.01. The second kappa shape index (κ2) is 9.70. The Hall–Kier alpha value is -3.39. The first kappa shape index (κ1) is 20.3. The molecule has 1 aliphatic rings. The molecule has 152 valence electrons. The molecule has 0 spiro atoms. The number of carbonyl (C=O) groups excluding carboxylic acids is 2. The number of rotatable bonds is 6. The maximum atomic E-state index is 12.6. The zero-order chi connectivity index (χ0) is 20.6. The Kier molecular flexibility index (Phi) is 6.80. The molecular weight excluding hydrogens is 374 g/mol. The quantitative estimate of drug-likeness (QED) is 0.695. The smallest absolute Gasteiger partial charge is 0.323 e. The molecule has 29 heavy (non-hydrogen) atoms. The SMILES string of the molecule is O=C(O)CCc1cccc(NC(=O)Nc2cccc(C(=O)N3CCOCC3)c2)c1. The van der Waals surface area contributed by atoms with Gasteiger partial charge in [-0.3, -0.25) is 9.59 Å². The minimum atomic E-state index is -0.868. The van der Waals surface area contributed by atoms with Crippen molar-refractivity contribution in [3.63, 3.8) is 0 Å². The van der Waals surface area contributed by atoms with Crippen molar-refractivity contribution < 1.29 is 24.2 Å². The van der Waals surface area contributed by atoms with Crippen molar-refractivity contribution in [1.82, 2.24) is 4.90 Å². The average molecular weight is 397 g/mol. The summed E-state index contributed by atoms with van der Waals surface area (Å²) < 4.78 is 5.27. The lowest BCUT2D eigenvalue weighted by Gasteiger charge is -2.27. The van der Waals surface area contributed by atoms with Gasteiger partial charge < -0.3 is 25.4 Å². The van der Waals surface area contributed by atoms with Crippen LogP contribution in [0.5, 0.6) is 0 Å². The van der Waals surface area contributed by atoms with Gasteiger partial charge in [0.1, 0.15) is 0 Å². The molecule has 0 saturated carbocycles. The van der Waals surface area contributed by atoms with Crippen LogP contribution in [-0.4, -0.2) is 54.2 Å². The number of carbonyl (C=O) groups is 3. The van der Waals surface area contributed by atoms with Crippen molar-refractivity contribution >= 4 is 29.3 Å². The number of carboxylic acid groups (broad SMARTS) is 1. The molecule has 1 fully saturated rings. The van der Waals surface area contributed by atoms with E-state index < -0.39 is 12.0 Å². The van der Waals surface area contributed by atoms with Gasteiger partial charge in [0.25, 0.3) is 5.91 Å². The van der Waals surface area contributed by atoms with E-state index in [9.17, 15) is 14.4 Å². The van der Waals surface area contributed by atoms with Crippen molar-refractivity contribution in [1.29, 1.82) is 0 Å². The lowest BCUT2D eigenvalue weighted by atomic mass is 10.1. The fourth-order valence-electron chi connectivity index (χ4n) is 3.03. The number of ether oxygens (including phenoxy) is 1. The zero-order valence-corrected chi connectivity index (χ0v) is 15.9. The highest BCUT2D eigenvalue weighted by Crippen LogP contribution is 2.16. The molecule has 3 amide bonds. The number of benzene rings is 2. The van der Waals surface area contributed by atoms with Crippen molar-refractivity contribution in [2.75, 3.05) is 36.9 Å². The van der Waals surface area contributed by atoms with Crippen LogP contribution in [0.4, 0.5) is 16.2 Å². The first-order valence-electron chi connectivity index (χ1n) is 9.37. The number of carboxylic acids is 1. The summed E-state index contributed by atoms with van der Waals surface area (Å²) >= 11 is 0. The number of amides is 3. The number of anilines is 2. The summed E-state index contributed by atoms with van der Waals surface area (Å²) in [6.07, 6.45) is 0.414. The van der Waals surface area contributed by atoms with Gasteiger partial charge in [0.05, 0.1) is 13.2 Å². The zero-order valence-electron chi connectivity index (χ0n) is 15.9. The average Bonchev–Trinajstić information content (AvgIpc) is 2.73. The maximum absolute atomic E-state index is 12.6. The second-order valence-electron chi connectivity index (χ2n) is 6.66. The van der Waals surface area contributed by atoms with E-state index in [1.165, 1.54) is 0 Å². The molecule has 8 nitrogen and oxygen atoms in total. The van der Waals surface area contributed by atoms with E-state index in [4.69, 9.17) is 9.84 Å². The number of urea groups is 1. The Morgan fingerprint density at radius 2 is 1.62 bits per heavy atom. The van der Waals surface area contributed by atoms with Gasteiger partial charge >= 0.3 is 12.0 Å². The molecule has 1 aliphatic heterocycles. The van der Waals surface area contributed by atoms with Crippen molar-refractivity contribution in [3.8, 4) is 0 Å². The molecule has 2 aromatic carbocycles. The van der Waals surface area contributed by atoms with E-state index in [-0.39, 0.29) is 12.3 Å². The third-order valence-electron chi connectivity index (χ3n) is 4.48. The molecule has 3 rings (SSSR count). The van der Waals surface area contributed by atoms with E-state index in [0.29, 0.717) is 49.7 Å². The second-order valence-corrected chi connectivity index (χ2v) is 6.66. The normalized spacial score (nSPS) is 13.6. The van der Waals surface area contributed by atoms with Gasteiger partial charge in [0.15, 0.2) is 0 Å². The van der Waals surface area contributed by atoms with Crippen LogP contribution in [0.25, 0.3) is 0 Å². The molecule has 0 unspecified atom stereocenters. The fourth-order valence-corrected chi connectivity index (χ4v) is 3.03. The Balaban J connectivity index is 1.60. The predicted octanol–water partition coefficient (Wildman–Crippen LogP) is 2.82. The molecule has 0 aromatic heterocycles. The summed E-state index contributed by atoms with van der Waals surface area (Å²) in [4.78, 5) is 37.3. The van der Waals surface area contributed by atoms with Crippen LogP contribution in [0.15, 0.2) is 48.5 Å². The molecule has 0 aliphatic carbocycles. The molecule has 0 bridgehead atoms. The Morgan fingerprint density at radius 3 is 2.31 bits per heavy atom. The summed E-state index contributed by atoms with van der Waals surface area (Å²) in [7, 11) is 0. The Labute approximate surface area is 168 Å². The lowest BCUT2D eigenvalue weighted by molar-refractivity contribution is -0.136. The molecule has 0 radical (unpaired) electrons. The van der Waals surface area contributed by atoms with E-state index in [0.717, 1.165) is 5.56 Å². The molecule has 0 atom stereocenters. The molecule has 3 N–H and O–H groups in total. The van der Waals surface area contributed by atoms with Gasteiger partial charge in [-0.05, 0) is 42.3 Å². The van der Waals surface area contributed by atoms with Gasteiger partial charge in [-0.25, -0.2) is 4.79 Å². The minimum Gasteiger partial charge on any atom is -0.481 e. The number of morpholine rings is 1. The summed E-state index contributed by atoms with van der Waals surface area (Å²) in [5.74, 6) is -0.962. The topological polar surface area (TPSA) is 108 Å². The first-order valence-corrected chi connectivity index (χ1v) is 9.37. The summed E-state index contributed by atoms with van der Waals surface area (Å²) in [5.41, 5.74) is 2.39. The number of nitrogens with one attached hydrogen (secondary N) is 2. The summed E-state index contributed by atoms with van der Waals surface area (Å²) in [6.45, 7) is 2.15. The van der Waals surface area contributed by atoms with E-state index in [1.807, 2.05) is 6.07 Å². The van der Waals surface area contributed by atoms with E-state index in [2.05, 4.69) is 10.6 Å². The van der Waals surface area contributed by atoms with E-state index in [1.54, 1.807) is 47.4 Å².